The molecular formula is C19H21F3N2O5. The van der Waals surface area contributed by atoms with Crippen LogP contribution in [0.3, 0.4) is 0 Å². The van der Waals surface area contributed by atoms with Crippen molar-refractivity contribution in [2.45, 2.75) is 38.5 Å². The monoisotopic (exact) mass is 414 g/mol. The minimum Gasteiger partial charge on any atom is -0.497 e. The number of halogens is 3. The molecule has 1 N–H and O–H groups in total. The summed E-state index contributed by atoms with van der Waals surface area (Å²) in [7, 11) is 2.23. The molecule has 158 valence electrons. The predicted molar refractivity (Wildman–Crippen MR) is 95.9 cm³/mol. The fourth-order valence-electron chi connectivity index (χ4n) is 3.31. The second-order valence-corrected chi connectivity index (χ2v) is 6.65. The maximum absolute atomic E-state index is 14.3. The van der Waals surface area contributed by atoms with Gasteiger partial charge in [0.05, 0.1) is 14.2 Å². The van der Waals surface area contributed by atoms with E-state index in [9.17, 15) is 27.6 Å². The number of methoxy groups -OCH3 is 2. The van der Waals surface area contributed by atoms with Crippen LogP contribution in [0.15, 0.2) is 35.5 Å². The summed E-state index contributed by atoms with van der Waals surface area (Å²) in [5.41, 5.74) is -4.96. The third-order valence-corrected chi connectivity index (χ3v) is 4.60. The number of hydrogen-bond acceptors (Lipinski definition) is 5. The number of carbonyl (C=O) groups excluding carboxylic acids is 3. The molecule has 1 heterocycles. The molecule has 0 bridgehead atoms. The van der Waals surface area contributed by atoms with Crippen molar-refractivity contribution in [3.63, 3.8) is 0 Å². The molecule has 0 saturated heterocycles. The summed E-state index contributed by atoms with van der Waals surface area (Å²) in [6.45, 7) is 4.19. The van der Waals surface area contributed by atoms with Gasteiger partial charge in [0, 0.05) is 17.3 Å². The van der Waals surface area contributed by atoms with E-state index in [1.54, 1.807) is 5.32 Å². The van der Waals surface area contributed by atoms with Crippen LogP contribution in [0.4, 0.5) is 13.2 Å². The van der Waals surface area contributed by atoms with Gasteiger partial charge < -0.3 is 19.7 Å². The molecule has 29 heavy (non-hydrogen) atoms. The zero-order valence-electron chi connectivity index (χ0n) is 16.5. The molecule has 2 amide bonds. The highest BCUT2D eigenvalue weighted by molar-refractivity contribution is 6.11. The quantitative estimate of drug-likeness (QED) is 0.748. The first kappa shape index (κ1) is 22.3. The molecule has 1 atom stereocenters. The van der Waals surface area contributed by atoms with Crippen molar-refractivity contribution < 1.29 is 37.0 Å². The maximum atomic E-state index is 14.3. The van der Waals surface area contributed by atoms with E-state index in [-0.39, 0.29) is 17.0 Å². The Morgan fingerprint density at radius 1 is 1.21 bits per heavy atom. The average Bonchev–Trinajstić information content (AvgIpc) is 2.88. The number of esters is 1. The van der Waals surface area contributed by atoms with Gasteiger partial charge in [-0.2, -0.15) is 13.2 Å². The molecule has 0 aliphatic carbocycles. The van der Waals surface area contributed by atoms with Crippen molar-refractivity contribution in [1.29, 1.82) is 0 Å². The molecule has 1 aromatic rings. The molecule has 0 radical (unpaired) electrons. The number of amides is 2. The fourth-order valence-corrected chi connectivity index (χ4v) is 3.31. The first-order chi connectivity index (χ1) is 13.4. The van der Waals surface area contributed by atoms with Gasteiger partial charge in [-0.15, -0.1) is 0 Å². The lowest BCUT2D eigenvalue weighted by molar-refractivity contribution is -0.192. The summed E-state index contributed by atoms with van der Waals surface area (Å²) < 4.78 is 52.4. The van der Waals surface area contributed by atoms with Gasteiger partial charge in [-0.1, -0.05) is 6.07 Å². The Morgan fingerprint density at radius 2 is 1.83 bits per heavy atom. The number of alkyl halides is 3. The maximum Gasteiger partial charge on any atom is 0.425 e. The lowest BCUT2D eigenvalue weighted by Gasteiger charge is -2.33. The third-order valence-electron chi connectivity index (χ3n) is 4.60. The molecule has 0 aromatic heterocycles. The number of carbonyl (C=O) groups is 3. The normalized spacial score (nSPS) is 19.6. The van der Waals surface area contributed by atoms with Gasteiger partial charge in [-0.25, -0.2) is 4.79 Å². The van der Waals surface area contributed by atoms with Crippen LogP contribution in [0, 0.1) is 0 Å². The van der Waals surface area contributed by atoms with Crippen molar-refractivity contribution in [2.24, 2.45) is 0 Å². The predicted octanol–water partition coefficient (Wildman–Crippen LogP) is 2.42. The number of ether oxygens (including phenoxy) is 2. The molecule has 0 fully saturated rings. The van der Waals surface area contributed by atoms with Crippen LogP contribution in [0.25, 0.3) is 0 Å². The highest BCUT2D eigenvalue weighted by atomic mass is 19.4. The van der Waals surface area contributed by atoms with Crippen molar-refractivity contribution >= 4 is 17.8 Å². The van der Waals surface area contributed by atoms with Crippen LogP contribution >= 0.6 is 0 Å². The highest BCUT2D eigenvalue weighted by Gasteiger charge is 2.71. The van der Waals surface area contributed by atoms with E-state index in [1.807, 2.05) is 0 Å². The van der Waals surface area contributed by atoms with Gasteiger partial charge in [0.2, 0.25) is 0 Å². The Labute approximate surface area is 165 Å². The third kappa shape index (κ3) is 3.54. The first-order valence-electron chi connectivity index (χ1n) is 8.59. The molecule has 2 rings (SSSR count). The summed E-state index contributed by atoms with van der Waals surface area (Å²) in [5.74, 6) is -3.80. The van der Waals surface area contributed by atoms with Crippen molar-refractivity contribution in [3.05, 3.63) is 41.1 Å². The summed E-state index contributed by atoms with van der Waals surface area (Å²) in [6, 6.07) is 4.69. The number of hydrogen-bond donors (Lipinski definition) is 1. The Kier molecular flexibility index (Phi) is 5.96. The standard InChI is InChI=1S/C19H21F3N2O5/c1-10(2)24-11(3)14(16(26)29-5)18(17(24)27,19(20,21)22)23-15(25)12-7-6-8-13(9-12)28-4/h6-10H,1-5H3,(H,23,25)/t18-/m1/s1. The largest absolute Gasteiger partial charge is 0.497 e. The van der Waals surface area contributed by atoms with E-state index >= 15 is 0 Å². The van der Waals surface area contributed by atoms with Gasteiger partial charge in [-0.05, 0) is 39.0 Å². The Morgan fingerprint density at radius 3 is 2.31 bits per heavy atom. The molecule has 1 aliphatic heterocycles. The molecular weight excluding hydrogens is 393 g/mol. The van der Waals surface area contributed by atoms with Crippen molar-refractivity contribution in [2.75, 3.05) is 14.2 Å². The minimum absolute atomic E-state index is 0.175. The highest BCUT2D eigenvalue weighted by Crippen LogP contribution is 2.45. The van der Waals surface area contributed by atoms with Crippen LogP contribution in [0.5, 0.6) is 5.75 Å². The Bertz CT molecular complexity index is 879. The Hall–Kier alpha value is -3.04. The summed E-state index contributed by atoms with van der Waals surface area (Å²) in [4.78, 5) is 38.8. The fraction of sp³-hybridized carbons (Fsp3) is 0.421. The lowest BCUT2D eigenvalue weighted by Crippen LogP contribution is -2.66. The van der Waals surface area contributed by atoms with E-state index < -0.39 is 41.1 Å². The number of benzene rings is 1. The van der Waals surface area contributed by atoms with Gasteiger partial charge >= 0.3 is 12.1 Å². The van der Waals surface area contributed by atoms with Crippen LogP contribution < -0.4 is 10.1 Å². The summed E-state index contributed by atoms with van der Waals surface area (Å²) in [5, 5.41) is 1.76. The van der Waals surface area contributed by atoms with Gasteiger partial charge in [0.25, 0.3) is 17.4 Å². The van der Waals surface area contributed by atoms with Crippen LogP contribution in [0.2, 0.25) is 0 Å². The van der Waals surface area contributed by atoms with Crippen LogP contribution in [0.1, 0.15) is 31.1 Å². The van der Waals surface area contributed by atoms with Crippen molar-refractivity contribution in [1.82, 2.24) is 10.2 Å². The molecule has 0 unspecified atom stereocenters. The lowest BCUT2D eigenvalue weighted by atomic mass is 9.88. The average molecular weight is 414 g/mol. The number of nitrogens with one attached hydrogen (secondary N) is 1. The molecule has 10 heteroatoms. The smallest absolute Gasteiger partial charge is 0.425 e. The molecule has 0 spiro atoms. The Balaban J connectivity index is 2.68. The van der Waals surface area contributed by atoms with Crippen molar-refractivity contribution in [3.8, 4) is 5.75 Å². The van der Waals surface area contributed by atoms with Crippen LogP contribution in [-0.2, 0) is 14.3 Å². The zero-order valence-corrected chi connectivity index (χ0v) is 16.5. The summed E-state index contributed by atoms with van der Waals surface area (Å²) >= 11 is 0. The minimum atomic E-state index is -5.31. The van der Waals surface area contributed by atoms with E-state index in [2.05, 4.69) is 4.74 Å². The van der Waals surface area contributed by atoms with E-state index in [0.29, 0.717) is 0 Å². The number of nitrogens with zero attached hydrogens (tertiary/aromatic N) is 1. The first-order valence-corrected chi connectivity index (χ1v) is 8.59. The zero-order chi connectivity index (χ0) is 22.1. The second kappa shape index (κ2) is 7.76. The second-order valence-electron chi connectivity index (χ2n) is 6.65. The van der Waals surface area contributed by atoms with E-state index in [0.717, 1.165) is 12.0 Å². The summed E-state index contributed by atoms with van der Waals surface area (Å²) in [6.07, 6.45) is -5.31. The molecule has 1 aliphatic rings. The van der Waals surface area contributed by atoms with Gasteiger partial charge in [0.15, 0.2) is 0 Å². The van der Waals surface area contributed by atoms with Gasteiger partial charge in [-0.3, -0.25) is 9.59 Å². The van der Waals surface area contributed by atoms with Gasteiger partial charge in [0.1, 0.15) is 11.3 Å². The SMILES string of the molecule is COC(=O)C1=C(C)N(C(C)C)C(=O)[C@@]1(NC(=O)c1cccc(OC)c1)C(F)(F)F. The van der Waals surface area contributed by atoms with E-state index in [1.165, 1.54) is 52.1 Å². The number of allylic oxidation sites excluding steroid dienone is 1. The topological polar surface area (TPSA) is 84.9 Å². The number of rotatable bonds is 5. The van der Waals surface area contributed by atoms with E-state index in [4.69, 9.17) is 4.74 Å². The molecule has 7 nitrogen and oxygen atoms in total. The van der Waals surface area contributed by atoms with Crippen LogP contribution in [-0.4, -0.2) is 54.7 Å². The molecule has 0 saturated carbocycles. The molecule has 1 aromatic carbocycles.